The summed E-state index contributed by atoms with van der Waals surface area (Å²) >= 11 is 0. The minimum absolute atomic E-state index is 0.275. The summed E-state index contributed by atoms with van der Waals surface area (Å²) in [5.74, 6) is 0.520. The molecule has 2 heterocycles. The number of halogens is 1. The molecule has 5 heteroatoms. The van der Waals surface area contributed by atoms with Crippen LogP contribution < -0.4 is 5.73 Å². The highest BCUT2D eigenvalue weighted by Crippen LogP contribution is 2.20. The van der Waals surface area contributed by atoms with Gasteiger partial charge in [0.1, 0.15) is 17.3 Å². The maximum absolute atomic E-state index is 13.3. The molecule has 0 radical (unpaired) electrons. The van der Waals surface area contributed by atoms with Crippen LogP contribution in [0.2, 0.25) is 0 Å². The van der Waals surface area contributed by atoms with Crippen LogP contribution in [0.5, 0.6) is 0 Å². The van der Waals surface area contributed by atoms with Crippen LogP contribution in [0.4, 0.5) is 4.39 Å². The Labute approximate surface area is 109 Å². The Kier molecular flexibility index (Phi) is 2.76. The number of imidazole rings is 1. The lowest BCUT2D eigenvalue weighted by atomic mass is 10.1. The Balaban J connectivity index is 2.20. The van der Waals surface area contributed by atoms with Crippen molar-refractivity contribution in [3.63, 3.8) is 0 Å². The van der Waals surface area contributed by atoms with Gasteiger partial charge < -0.3 is 5.73 Å². The molecule has 4 nitrogen and oxygen atoms in total. The molecule has 19 heavy (non-hydrogen) atoms. The lowest BCUT2D eigenvalue weighted by Gasteiger charge is -2.04. The third-order valence-corrected chi connectivity index (χ3v) is 3.01. The van der Waals surface area contributed by atoms with Gasteiger partial charge in [0.2, 0.25) is 0 Å². The summed E-state index contributed by atoms with van der Waals surface area (Å²) in [4.78, 5) is 8.88. The van der Waals surface area contributed by atoms with Crippen molar-refractivity contribution >= 4 is 5.65 Å². The second-order valence-electron chi connectivity index (χ2n) is 4.36. The van der Waals surface area contributed by atoms with E-state index in [0.717, 1.165) is 22.7 Å². The van der Waals surface area contributed by atoms with Crippen molar-refractivity contribution in [2.24, 2.45) is 5.73 Å². The molecule has 0 saturated heterocycles. The van der Waals surface area contributed by atoms with Crippen LogP contribution >= 0.6 is 0 Å². The fourth-order valence-corrected chi connectivity index (χ4v) is 2.08. The zero-order valence-corrected chi connectivity index (χ0v) is 10.5. The Morgan fingerprint density at radius 2 is 2.11 bits per heavy atom. The molecule has 3 aromatic rings. The van der Waals surface area contributed by atoms with E-state index in [1.54, 1.807) is 6.07 Å². The minimum atomic E-state index is -0.275. The van der Waals surface area contributed by atoms with Crippen molar-refractivity contribution in [2.45, 2.75) is 13.5 Å². The lowest BCUT2D eigenvalue weighted by molar-refractivity contribution is 0.628. The number of hydrogen-bond donors (Lipinski definition) is 1. The first-order chi connectivity index (χ1) is 9.17. The number of rotatable bonds is 2. The number of hydrogen-bond acceptors (Lipinski definition) is 3. The van der Waals surface area contributed by atoms with Gasteiger partial charge >= 0.3 is 0 Å². The zero-order chi connectivity index (χ0) is 13.4. The smallest absolute Gasteiger partial charge is 0.140 e. The topological polar surface area (TPSA) is 56.2 Å². The van der Waals surface area contributed by atoms with Gasteiger partial charge in [0.15, 0.2) is 0 Å². The van der Waals surface area contributed by atoms with Crippen molar-refractivity contribution in [3.8, 4) is 11.3 Å². The highest BCUT2D eigenvalue weighted by Gasteiger charge is 2.08. The summed E-state index contributed by atoms with van der Waals surface area (Å²) < 4.78 is 15.1. The Hall–Kier alpha value is -2.27. The standard InChI is InChI=1S/C14H13FN4/c1-9-17-13(10-3-2-4-11(15)5-10)6-14-18-12(7-16)8-19(9)14/h2-6,8H,7,16H2,1H3. The van der Waals surface area contributed by atoms with Gasteiger partial charge in [-0.15, -0.1) is 0 Å². The van der Waals surface area contributed by atoms with Crippen LogP contribution in [0.1, 0.15) is 11.5 Å². The molecule has 0 saturated carbocycles. The molecular weight excluding hydrogens is 243 g/mol. The molecule has 2 N–H and O–H groups in total. The van der Waals surface area contributed by atoms with Crippen molar-refractivity contribution in [1.82, 2.24) is 14.4 Å². The van der Waals surface area contributed by atoms with Gasteiger partial charge in [0.25, 0.3) is 0 Å². The van der Waals surface area contributed by atoms with Gasteiger partial charge in [0, 0.05) is 24.4 Å². The van der Waals surface area contributed by atoms with E-state index in [9.17, 15) is 4.39 Å². The zero-order valence-electron chi connectivity index (χ0n) is 10.5. The highest BCUT2D eigenvalue weighted by molar-refractivity contribution is 5.63. The SMILES string of the molecule is Cc1nc(-c2cccc(F)c2)cc2nc(CN)cn12. The van der Waals surface area contributed by atoms with Crippen LogP contribution in [0, 0.1) is 12.7 Å². The molecule has 96 valence electrons. The summed E-state index contributed by atoms with van der Waals surface area (Å²) in [5, 5.41) is 0. The molecule has 0 atom stereocenters. The molecule has 0 aliphatic heterocycles. The number of fused-ring (bicyclic) bond motifs is 1. The number of aryl methyl sites for hydroxylation is 1. The molecule has 2 aromatic heterocycles. The number of nitrogens with two attached hydrogens (primary N) is 1. The summed E-state index contributed by atoms with van der Waals surface area (Å²) in [7, 11) is 0. The van der Waals surface area contributed by atoms with E-state index in [4.69, 9.17) is 5.73 Å². The fourth-order valence-electron chi connectivity index (χ4n) is 2.08. The summed E-state index contributed by atoms with van der Waals surface area (Å²) in [6, 6.07) is 8.21. The van der Waals surface area contributed by atoms with E-state index >= 15 is 0 Å². The first-order valence-electron chi connectivity index (χ1n) is 5.99. The summed E-state index contributed by atoms with van der Waals surface area (Å²) in [6.45, 7) is 2.27. The normalized spacial score (nSPS) is 11.1. The van der Waals surface area contributed by atoms with Crippen molar-refractivity contribution in [1.29, 1.82) is 0 Å². The van der Waals surface area contributed by atoms with Crippen LogP contribution in [0.3, 0.4) is 0 Å². The molecule has 0 fully saturated rings. The molecule has 1 aromatic carbocycles. The molecule has 0 unspecified atom stereocenters. The molecule has 0 spiro atoms. The van der Waals surface area contributed by atoms with E-state index in [1.165, 1.54) is 12.1 Å². The van der Waals surface area contributed by atoms with Crippen LogP contribution in [-0.4, -0.2) is 14.4 Å². The van der Waals surface area contributed by atoms with Crippen molar-refractivity contribution in [2.75, 3.05) is 0 Å². The first kappa shape index (κ1) is 11.8. The number of nitrogens with zero attached hydrogens (tertiary/aromatic N) is 3. The van der Waals surface area contributed by atoms with Gasteiger partial charge in [-0.3, -0.25) is 4.40 Å². The lowest BCUT2D eigenvalue weighted by Crippen LogP contribution is -1.96. The largest absolute Gasteiger partial charge is 0.325 e. The maximum atomic E-state index is 13.3. The molecule has 0 aliphatic rings. The number of benzene rings is 1. The Bertz CT molecular complexity index is 748. The van der Waals surface area contributed by atoms with Gasteiger partial charge in [-0.05, 0) is 19.1 Å². The van der Waals surface area contributed by atoms with Gasteiger partial charge in [-0.2, -0.15) is 0 Å². The molecular formula is C14H13FN4. The van der Waals surface area contributed by atoms with Crippen molar-refractivity contribution in [3.05, 3.63) is 53.9 Å². The first-order valence-corrected chi connectivity index (χ1v) is 5.99. The third-order valence-electron chi connectivity index (χ3n) is 3.01. The average molecular weight is 256 g/mol. The van der Waals surface area contributed by atoms with E-state index < -0.39 is 0 Å². The molecule has 0 amide bonds. The van der Waals surface area contributed by atoms with Gasteiger partial charge in [-0.25, -0.2) is 14.4 Å². The van der Waals surface area contributed by atoms with Gasteiger partial charge in [0.05, 0.1) is 11.4 Å². The predicted molar refractivity (Wildman–Crippen MR) is 71.0 cm³/mol. The third kappa shape index (κ3) is 2.08. The fraction of sp³-hybridized carbons (Fsp3) is 0.143. The maximum Gasteiger partial charge on any atom is 0.140 e. The van der Waals surface area contributed by atoms with Crippen molar-refractivity contribution < 1.29 is 4.39 Å². The number of aromatic nitrogens is 3. The van der Waals surface area contributed by atoms with E-state index in [-0.39, 0.29) is 5.82 Å². The molecule has 3 rings (SSSR count). The Morgan fingerprint density at radius 3 is 2.84 bits per heavy atom. The quantitative estimate of drug-likeness (QED) is 0.765. The van der Waals surface area contributed by atoms with Crippen LogP contribution in [-0.2, 0) is 6.54 Å². The second kappa shape index (κ2) is 4.44. The predicted octanol–water partition coefficient (Wildman–Crippen LogP) is 2.30. The summed E-state index contributed by atoms with van der Waals surface area (Å²) in [5.41, 5.74) is 8.61. The molecule has 0 aliphatic carbocycles. The second-order valence-corrected chi connectivity index (χ2v) is 4.36. The molecule has 0 bridgehead atoms. The van der Waals surface area contributed by atoms with E-state index in [0.29, 0.717) is 12.2 Å². The average Bonchev–Trinajstić information content (AvgIpc) is 2.82. The summed E-state index contributed by atoms with van der Waals surface area (Å²) in [6.07, 6.45) is 1.87. The Morgan fingerprint density at radius 1 is 1.26 bits per heavy atom. The van der Waals surface area contributed by atoms with E-state index in [1.807, 2.05) is 29.7 Å². The van der Waals surface area contributed by atoms with Gasteiger partial charge in [-0.1, -0.05) is 12.1 Å². The van der Waals surface area contributed by atoms with Crippen LogP contribution in [0.25, 0.3) is 16.9 Å². The highest BCUT2D eigenvalue weighted by atomic mass is 19.1. The van der Waals surface area contributed by atoms with E-state index in [2.05, 4.69) is 9.97 Å². The monoisotopic (exact) mass is 256 g/mol. The van der Waals surface area contributed by atoms with Crippen LogP contribution in [0.15, 0.2) is 36.5 Å². The minimum Gasteiger partial charge on any atom is -0.325 e.